The smallest absolute Gasteiger partial charge is 0.306 e. The Hall–Kier alpha value is -2.57. The maximum Gasteiger partial charge on any atom is 0.306 e. The number of benzene rings is 1. The van der Waals surface area contributed by atoms with Crippen molar-refractivity contribution >= 4 is 16.1 Å². The van der Waals surface area contributed by atoms with Gasteiger partial charge in [-0.25, -0.2) is 4.31 Å². The lowest BCUT2D eigenvalue weighted by molar-refractivity contribution is 0.301. The maximum atomic E-state index is 13.1. The van der Waals surface area contributed by atoms with Gasteiger partial charge in [-0.2, -0.15) is 18.0 Å². The second-order valence-electron chi connectivity index (χ2n) is 6.45. The number of aromatic nitrogens is 1. The molecule has 1 aromatic carbocycles. The van der Waals surface area contributed by atoms with Crippen LogP contribution >= 0.6 is 0 Å². The van der Waals surface area contributed by atoms with E-state index in [4.69, 9.17) is 9.78 Å². The summed E-state index contributed by atoms with van der Waals surface area (Å²) in [7, 11) is -3.70. The molecule has 2 aliphatic rings. The molecular weight excluding hydrogens is 354 g/mol. The van der Waals surface area contributed by atoms with Crippen LogP contribution in [-0.4, -0.2) is 55.0 Å². The third-order valence-corrected chi connectivity index (χ3v) is 6.83. The van der Waals surface area contributed by atoms with Crippen LogP contribution in [0.2, 0.25) is 0 Å². The number of hydrogen-bond donors (Lipinski definition) is 0. The van der Waals surface area contributed by atoms with Crippen LogP contribution in [-0.2, 0) is 10.2 Å². The molecule has 9 heteroatoms. The van der Waals surface area contributed by atoms with E-state index in [-0.39, 0.29) is 11.9 Å². The van der Waals surface area contributed by atoms with Crippen molar-refractivity contribution in [2.75, 3.05) is 30.5 Å². The number of hydrogen-bond acceptors (Lipinski definition) is 6. The van der Waals surface area contributed by atoms with E-state index < -0.39 is 10.2 Å². The van der Waals surface area contributed by atoms with E-state index in [1.54, 1.807) is 11.0 Å². The predicted molar refractivity (Wildman–Crippen MR) is 95.1 cm³/mol. The average molecular weight is 373 g/mol. The van der Waals surface area contributed by atoms with Gasteiger partial charge in [-0.3, -0.25) is 0 Å². The van der Waals surface area contributed by atoms with E-state index in [9.17, 15) is 8.42 Å². The lowest BCUT2D eigenvalue weighted by Gasteiger charge is -2.37. The summed E-state index contributed by atoms with van der Waals surface area (Å²) in [4.78, 5) is 1.60. The lowest BCUT2D eigenvalue weighted by atomic mass is 10.1. The summed E-state index contributed by atoms with van der Waals surface area (Å²) in [5.41, 5.74) is 1.47. The van der Waals surface area contributed by atoms with Crippen LogP contribution in [0, 0.1) is 11.5 Å². The summed E-state index contributed by atoms with van der Waals surface area (Å²) in [5.74, 6) is 0.226. The van der Waals surface area contributed by atoms with Crippen LogP contribution in [0.3, 0.4) is 0 Å². The highest BCUT2D eigenvalue weighted by atomic mass is 32.2. The topological polar surface area (TPSA) is 93.7 Å². The Labute approximate surface area is 152 Å². The minimum Gasteiger partial charge on any atom is -0.337 e. The first kappa shape index (κ1) is 16.9. The van der Waals surface area contributed by atoms with Crippen molar-refractivity contribution in [2.45, 2.75) is 18.9 Å². The summed E-state index contributed by atoms with van der Waals surface area (Å²) in [6.45, 7) is 1.85. The quantitative estimate of drug-likeness (QED) is 0.760. The zero-order chi connectivity index (χ0) is 18.1. The van der Waals surface area contributed by atoms with E-state index in [0.717, 1.165) is 5.56 Å². The van der Waals surface area contributed by atoms with Crippen molar-refractivity contribution in [1.82, 2.24) is 14.4 Å². The molecule has 0 aliphatic carbocycles. The summed E-state index contributed by atoms with van der Waals surface area (Å²) in [6.07, 6.45) is 3.45. The largest absolute Gasteiger partial charge is 0.337 e. The van der Waals surface area contributed by atoms with Gasteiger partial charge < -0.3 is 9.42 Å². The molecule has 0 spiro atoms. The van der Waals surface area contributed by atoms with E-state index in [2.05, 4.69) is 11.3 Å². The summed E-state index contributed by atoms with van der Waals surface area (Å²) < 4.78 is 34.3. The lowest BCUT2D eigenvalue weighted by Crippen LogP contribution is -2.54. The molecule has 1 aromatic heterocycles. The molecule has 2 aliphatic heterocycles. The molecule has 1 atom stereocenters. The van der Waals surface area contributed by atoms with Crippen molar-refractivity contribution in [3.63, 3.8) is 0 Å². The first-order chi connectivity index (χ1) is 12.6. The Morgan fingerprint density at radius 1 is 1.19 bits per heavy atom. The second-order valence-corrected chi connectivity index (χ2v) is 8.25. The van der Waals surface area contributed by atoms with E-state index in [0.29, 0.717) is 44.7 Å². The number of rotatable bonds is 3. The molecule has 26 heavy (non-hydrogen) atoms. The molecular formula is C17H19N5O3S. The number of anilines is 1. The Kier molecular flexibility index (Phi) is 4.30. The van der Waals surface area contributed by atoms with Gasteiger partial charge in [0.1, 0.15) is 5.69 Å². The fourth-order valence-corrected chi connectivity index (χ4v) is 5.35. The third-order valence-electron chi connectivity index (χ3n) is 4.84. The molecule has 2 saturated heterocycles. The Morgan fingerprint density at radius 2 is 2.00 bits per heavy atom. The number of nitriles is 1. The van der Waals surface area contributed by atoms with E-state index in [1.165, 1.54) is 8.61 Å². The molecule has 0 N–H and O–H groups in total. The molecule has 0 saturated carbocycles. The van der Waals surface area contributed by atoms with Gasteiger partial charge in [0, 0.05) is 43.9 Å². The van der Waals surface area contributed by atoms with Gasteiger partial charge in [-0.05, 0) is 12.8 Å². The van der Waals surface area contributed by atoms with Crippen molar-refractivity contribution in [2.24, 2.45) is 0 Å². The van der Waals surface area contributed by atoms with Gasteiger partial charge in [0.15, 0.2) is 6.19 Å². The number of nitrogens with zero attached hydrogens (tertiary/aromatic N) is 5. The van der Waals surface area contributed by atoms with Crippen LogP contribution in [0.4, 0.5) is 5.88 Å². The molecule has 2 aromatic rings. The average Bonchev–Trinajstić information content (AvgIpc) is 3.31. The van der Waals surface area contributed by atoms with Crippen molar-refractivity contribution in [1.29, 1.82) is 5.26 Å². The molecule has 0 amide bonds. The Bertz CT molecular complexity index is 921. The second kappa shape index (κ2) is 6.63. The van der Waals surface area contributed by atoms with Gasteiger partial charge in [0.05, 0.1) is 0 Å². The summed E-state index contributed by atoms with van der Waals surface area (Å²) in [6, 6.07) is 11.0. The standard InChI is InChI=1S/C17H19N5O3S/c18-13-20-10-7-15(12-20)21-8-4-9-22(26(21,23)24)17-11-16(19-25-17)14-5-2-1-3-6-14/h1-3,5-6,11,15H,4,7-10,12H2/t15-/m1/s1. The molecule has 8 nitrogen and oxygen atoms in total. The van der Waals surface area contributed by atoms with E-state index >= 15 is 0 Å². The molecule has 4 rings (SSSR count). The minimum atomic E-state index is -3.70. The van der Waals surface area contributed by atoms with Crippen LogP contribution in [0.25, 0.3) is 11.3 Å². The van der Waals surface area contributed by atoms with Crippen LogP contribution in [0.1, 0.15) is 12.8 Å². The molecule has 2 fully saturated rings. The van der Waals surface area contributed by atoms with Gasteiger partial charge in [-0.1, -0.05) is 35.5 Å². The first-order valence-electron chi connectivity index (χ1n) is 8.56. The zero-order valence-corrected chi connectivity index (χ0v) is 15.0. The SMILES string of the molecule is N#CN1CC[C@@H](N2CCCN(c3cc(-c4ccccc4)no3)S2(=O)=O)C1. The fourth-order valence-electron chi connectivity index (χ4n) is 3.52. The van der Waals surface area contributed by atoms with Crippen LogP contribution in [0.15, 0.2) is 40.9 Å². The molecule has 0 bridgehead atoms. The highest BCUT2D eigenvalue weighted by molar-refractivity contribution is 7.90. The fraction of sp³-hybridized carbons (Fsp3) is 0.412. The van der Waals surface area contributed by atoms with Crippen molar-refractivity contribution < 1.29 is 12.9 Å². The van der Waals surface area contributed by atoms with Crippen LogP contribution in [0.5, 0.6) is 0 Å². The Balaban J connectivity index is 1.59. The highest BCUT2D eigenvalue weighted by Gasteiger charge is 2.42. The molecule has 0 radical (unpaired) electrons. The van der Waals surface area contributed by atoms with Gasteiger partial charge in [0.25, 0.3) is 0 Å². The van der Waals surface area contributed by atoms with Crippen molar-refractivity contribution in [3.8, 4) is 17.5 Å². The minimum absolute atomic E-state index is 0.182. The monoisotopic (exact) mass is 373 g/mol. The summed E-state index contributed by atoms with van der Waals surface area (Å²) in [5, 5.41) is 13.1. The van der Waals surface area contributed by atoms with E-state index in [1.807, 2.05) is 30.3 Å². The van der Waals surface area contributed by atoms with Gasteiger partial charge >= 0.3 is 10.2 Å². The zero-order valence-electron chi connectivity index (χ0n) is 14.2. The van der Waals surface area contributed by atoms with Crippen molar-refractivity contribution in [3.05, 3.63) is 36.4 Å². The molecule has 136 valence electrons. The molecule has 0 unspecified atom stereocenters. The highest BCUT2D eigenvalue weighted by Crippen LogP contribution is 2.31. The predicted octanol–water partition coefficient (Wildman–Crippen LogP) is 1.65. The van der Waals surface area contributed by atoms with Gasteiger partial charge in [-0.15, -0.1) is 0 Å². The normalized spacial score (nSPS) is 23.1. The van der Waals surface area contributed by atoms with Gasteiger partial charge in [0.2, 0.25) is 5.88 Å². The number of likely N-dealkylation sites (tertiary alicyclic amines) is 1. The first-order valence-corrected chi connectivity index (χ1v) is 9.95. The maximum absolute atomic E-state index is 13.1. The van der Waals surface area contributed by atoms with Crippen LogP contribution < -0.4 is 4.31 Å². The Morgan fingerprint density at radius 3 is 2.73 bits per heavy atom. The molecule has 3 heterocycles. The summed E-state index contributed by atoms with van der Waals surface area (Å²) >= 11 is 0. The third kappa shape index (κ3) is 2.91.